The fraction of sp³-hybridized carbons (Fsp3) is 0.609. The van der Waals surface area contributed by atoms with Crippen LogP contribution in [-0.2, 0) is 15.0 Å². The highest BCUT2D eigenvalue weighted by atomic mass is 16.2. The molecule has 3 rings (SSSR count). The van der Waals surface area contributed by atoms with Crippen LogP contribution in [-0.4, -0.2) is 68.3 Å². The first-order valence-electron chi connectivity index (χ1n) is 10.7. The Morgan fingerprint density at radius 1 is 1.07 bits per heavy atom. The Labute approximate surface area is 179 Å². The SMILES string of the molecule is CN(C)CCC1(c2ccc(C(=O)NC3CC(C(=O)N(C)C)CC3C(N)=O)cc2)CC1. The normalized spacial score (nSPS) is 24.5. The van der Waals surface area contributed by atoms with E-state index >= 15 is 0 Å². The first-order valence-corrected chi connectivity index (χ1v) is 10.7. The van der Waals surface area contributed by atoms with E-state index in [1.165, 1.54) is 23.3 Å². The average molecular weight is 415 g/mol. The predicted octanol–water partition coefficient (Wildman–Crippen LogP) is 1.37. The van der Waals surface area contributed by atoms with Crippen LogP contribution in [0.25, 0.3) is 0 Å². The third-order valence-electron chi connectivity index (χ3n) is 6.69. The fourth-order valence-electron chi connectivity index (χ4n) is 4.58. The van der Waals surface area contributed by atoms with E-state index < -0.39 is 17.9 Å². The lowest BCUT2D eigenvalue weighted by Gasteiger charge is -2.20. The second-order valence-corrected chi connectivity index (χ2v) is 9.40. The summed E-state index contributed by atoms with van der Waals surface area (Å²) in [7, 11) is 7.56. The number of hydrogen-bond donors (Lipinski definition) is 2. The van der Waals surface area contributed by atoms with Crippen LogP contribution < -0.4 is 11.1 Å². The van der Waals surface area contributed by atoms with Crippen molar-refractivity contribution in [3.05, 3.63) is 35.4 Å². The Hall–Kier alpha value is -2.41. The molecule has 1 aromatic rings. The lowest BCUT2D eigenvalue weighted by molar-refractivity contribution is -0.132. The molecule has 164 valence electrons. The monoisotopic (exact) mass is 414 g/mol. The standard InChI is InChI=1S/C23H34N4O3/c1-26(2)12-11-23(9-10-23)17-7-5-15(6-8-17)21(29)25-19-14-16(22(30)27(3)4)13-18(19)20(24)28/h5-8,16,18-19H,9-14H2,1-4H3,(H2,24,28)(H,25,29). The Kier molecular flexibility index (Phi) is 6.50. The maximum Gasteiger partial charge on any atom is 0.251 e. The summed E-state index contributed by atoms with van der Waals surface area (Å²) in [5, 5.41) is 2.95. The maximum absolute atomic E-state index is 12.8. The summed E-state index contributed by atoms with van der Waals surface area (Å²) in [6.07, 6.45) is 4.31. The van der Waals surface area contributed by atoms with E-state index in [9.17, 15) is 14.4 Å². The highest BCUT2D eigenvalue weighted by molar-refractivity contribution is 5.95. The third kappa shape index (κ3) is 4.83. The van der Waals surface area contributed by atoms with Crippen LogP contribution in [0.4, 0.5) is 0 Å². The van der Waals surface area contributed by atoms with E-state index in [-0.39, 0.29) is 23.1 Å². The molecule has 0 aliphatic heterocycles. The molecule has 1 aromatic carbocycles. The molecule has 2 fully saturated rings. The molecule has 2 aliphatic rings. The van der Waals surface area contributed by atoms with Gasteiger partial charge in [-0.3, -0.25) is 14.4 Å². The highest BCUT2D eigenvalue weighted by Gasteiger charge is 2.44. The van der Waals surface area contributed by atoms with Crippen molar-refractivity contribution in [1.29, 1.82) is 0 Å². The number of carbonyl (C=O) groups excluding carboxylic acids is 3. The minimum atomic E-state index is -0.525. The van der Waals surface area contributed by atoms with Gasteiger partial charge in [-0.05, 0) is 75.9 Å². The summed E-state index contributed by atoms with van der Waals surface area (Å²) < 4.78 is 0. The largest absolute Gasteiger partial charge is 0.369 e. The van der Waals surface area contributed by atoms with Gasteiger partial charge in [0.15, 0.2) is 0 Å². The summed E-state index contributed by atoms with van der Waals surface area (Å²) in [5.41, 5.74) is 7.65. The number of benzene rings is 1. The van der Waals surface area contributed by atoms with Crippen LogP contribution in [0, 0.1) is 11.8 Å². The molecule has 0 saturated heterocycles. The van der Waals surface area contributed by atoms with Crippen molar-refractivity contribution in [1.82, 2.24) is 15.1 Å². The van der Waals surface area contributed by atoms with E-state index in [0.717, 1.165) is 13.0 Å². The molecule has 3 unspecified atom stereocenters. The lowest BCUT2D eigenvalue weighted by atomic mass is 9.91. The zero-order chi connectivity index (χ0) is 22.1. The summed E-state index contributed by atoms with van der Waals surface area (Å²) in [6.45, 7) is 1.05. The molecule has 2 saturated carbocycles. The van der Waals surface area contributed by atoms with Gasteiger partial charge in [0, 0.05) is 31.6 Å². The molecule has 2 aliphatic carbocycles. The van der Waals surface area contributed by atoms with Gasteiger partial charge in [0.2, 0.25) is 11.8 Å². The molecule has 3 N–H and O–H groups in total. The molecule has 0 spiro atoms. The smallest absolute Gasteiger partial charge is 0.251 e. The number of rotatable bonds is 8. The summed E-state index contributed by atoms with van der Waals surface area (Å²) in [5.74, 6) is -1.55. The molecule has 3 amide bonds. The maximum atomic E-state index is 12.8. The van der Waals surface area contributed by atoms with Crippen LogP contribution in [0.3, 0.4) is 0 Å². The first-order chi connectivity index (χ1) is 14.1. The van der Waals surface area contributed by atoms with Crippen molar-refractivity contribution < 1.29 is 14.4 Å². The molecule has 30 heavy (non-hydrogen) atoms. The number of nitrogens with one attached hydrogen (secondary N) is 1. The highest BCUT2D eigenvalue weighted by Crippen LogP contribution is 2.51. The minimum Gasteiger partial charge on any atom is -0.369 e. The molecule has 7 heteroatoms. The lowest BCUT2D eigenvalue weighted by Crippen LogP contribution is -2.42. The van der Waals surface area contributed by atoms with Crippen molar-refractivity contribution >= 4 is 17.7 Å². The number of primary amides is 1. The zero-order valence-electron chi connectivity index (χ0n) is 18.5. The zero-order valence-corrected chi connectivity index (χ0v) is 18.5. The Morgan fingerprint density at radius 3 is 2.20 bits per heavy atom. The summed E-state index contributed by atoms with van der Waals surface area (Å²) >= 11 is 0. The molecular formula is C23H34N4O3. The van der Waals surface area contributed by atoms with Crippen molar-refractivity contribution in [3.63, 3.8) is 0 Å². The van der Waals surface area contributed by atoms with Gasteiger partial charge in [0.05, 0.1) is 5.92 Å². The van der Waals surface area contributed by atoms with E-state index in [4.69, 9.17) is 5.73 Å². The van der Waals surface area contributed by atoms with E-state index in [1.54, 1.807) is 14.1 Å². The van der Waals surface area contributed by atoms with Crippen molar-refractivity contribution in [2.75, 3.05) is 34.7 Å². The first kappa shape index (κ1) is 22.3. The van der Waals surface area contributed by atoms with Gasteiger partial charge in [-0.25, -0.2) is 0 Å². The van der Waals surface area contributed by atoms with Crippen LogP contribution in [0.2, 0.25) is 0 Å². The molecular weight excluding hydrogens is 380 g/mol. The topological polar surface area (TPSA) is 95.7 Å². The predicted molar refractivity (Wildman–Crippen MR) is 116 cm³/mol. The van der Waals surface area contributed by atoms with Crippen LogP contribution in [0.1, 0.15) is 48.0 Å². The number of amides is 3. The second kappa shape index (κ2) is 8.76. The molecule has 0 radical (unpaired) electrons. The number of carbonyl (C=O) groups is 3. The Balaban J connectivity index is 1.65. The second-order valence-electron chi connectivity index (χ2n) is 9.40. The molecule has 3 atom stereocenters. The minimum absolute atomic E-state index is 0.0326. The van der Waals surface area contributed by atoms with Crippen molar-refractivity contribution in [2.24, 2.45) is 17.6 Å². The Bertz CT molecular complexity index is 799. The quantitative estimate of drug-likeness (QED) is 0.672. The van der Waals surface area contributed by atoms with E-state index in [1.807, 2.05) is 12.1 Å². The number of nitrogens with zero attached hydrogens (tertiary/aromatic N) is 2. The average Bonchev–Trinajstić information content (AvgIpc) is 3.38. The van der Waals surface area contributed by atoms with Gasteiger partial charge in [-0.2, -0.15) is 0 Å². The van der Waals surface area contributed by atoms with Crippen molar-refractivity contribution in [3.8, 4) is 0 Å². The molecule has 0 bridgehead atoms. The molecule has 7 nitrogen and oxygen atoms in total. The fourth-order valence-corrected chi connectivity index (χ4v) is 4.58. The molecule has 0 aromatic heterocycles. The van der Waals surface area contributed by atoms with Gasteiger partial charge in [-0.15, -0.1) is 0 Å². The van der Waals surface area contributed by atoms with Crippen LogP contribution >= 0.6 is 0 Å². The van der Waals surface area contributed by atoms with Gasteiger partial charge in [-0.1, -0.05) is 12.1 Å². The van der Waals surface area contributed by atoms with Gasteiger partial charge >= 0.3 is 0 Å². The molecule has 0 heterocycles. The van der Waals surface area contributed by atoms with Gasteiger partial charge in [0.1, 0.15) is 0 Å². The van der Waals surface area contributed by atoms with Crippen LogP contribution in [0.5, 0.6) is 0 Å². The number of hydrogen-bond acceptors (Lipinski definition) is 4. The van der Waals surface area contributed by atoms with Crippen LogP contribution in [0.15, 0.2) is 24.3 Å². The van der Waals surface area contributed by atoms with Gasteiger partial charge < -0.3 is 20.9 Å². The Morgan fingerprint density at radius 2 is 1.70 bits per heavy atom. The van der Waals surface area contributed by atoms with Gasteiger partial charge in [0.25, 0.3) is 5.91 Å². The van der Waals surface area contributed by atoms with Crippen molar-refractivity contribution in [2.45, 2.75) is 43.6 Å². The number of nitrogens with two attached hydrogens (primary N) is 1. The van der Waals surface area contributed by atoms with E-state index in [0.29, 0.717) is 18.4 Å². The summed E-state index contributed by atoms with van der Waals surface area (Å²) in [4.78, 5) is 40.7. The summed E-state index contributed by atoms with van der Waals surface area (Å²) in [6, 6.07) is 7.40. The third-order valence-corrected chi connectivity index (χ3v) is 6.69. The van der Waals surface area contributed by atoms with E-state index in [2.05, 4.69) is 36.4 Å².